The van der Waals surface area contributed by atoms with E-state index in [1.165, 1.54) is 0 Å². The minimum atomic E-state index is -0.312. The second-order valence-corrected chi connectivity index (χ2v) is 7.04. The number of carbonyl (C=O) groups is 1. The van der Waals surface area contributed by atoms with E-state index in [0.717, 1.165) is 29.7 Å². The molecular weight excluding hydrogens is 399 g/mol. The van der Waals surface area contributed by atoms with E-state index in [0.29, 0.717) is 29.9 Å². The van der Waals surface area contributed by atoms with Crippen LogP contribution in [-0.4, -0.2) is 25.8 Å². The zero-order chi connectivity index (χ0) is 20.4. The van der Waals surface area contributed by atoms with E-state index in [-0.39, 0.29) is 18.5 Å². The number of rotatable bonds is 11. The Kier molecular flexibility index (Phi) is 9.62. The quantitative estimate of drug-likeness (QED) is 0.326. The minimum absolute atomic E-state index is 0.200. The second-order valence-electron chi connectivity index (χ2n) is 6.22. The van der Waals surface area contributed by atoms with Crippen LogP contribution >= 0.6 is 23.2 Å². The zero-order valence-electron chi connectivity index (χ0n) is 16.3. The van der Waals surface area contributed by atoms with Gasteiger partial charge in [0.05, 0.1) is 35.8 Å². The lowest BCUT2D eigenvalue weighted by Gasteiger charge is -2.17. The van der Waals surface area contributed by atoms with Crippen molar-refractivity contribution in [1.82, 2.24) is 0 Å². The van der Waals surface area contributed by atoms with Crippen LogP contribution in [0.5, 0.6) is 5.75 Å². The van der Waals surface area contributed by atoms with Crippen molar-refractivity contribution >= 4 is 29.2 Å². The maximum absolute atomic E-state index is 11.8. The van der Waals surface area contributed by atoms with Gasteiger partial charge in [-0.05, 0) is 62.1 Å². The van der Waals surface area contributed by atoms with E-state index in [2.05, 4.69) is 0 Å². The molecule has 0 fully saturated rings. The first-order chi connectivity index (χ1) is 13.5. The average molecular weight is 425 g/mol. The van der Waals surface area contributed by atoms with Gasteiger partial charge in [0.2, 0.25) is 0 Å². The molecule has 1 atom stereocenters. The lowest BCUT2D eigenvalue weighted by molar-refractivity contribution is -0.146. The molecule has 2 rings (SSSR count). The average Bonchev–Trinajstić information content (AvgIpc) is 2.68. The molecule has 0 aliphatic heterocycles. The molecule has 0 radical (unpaired) electrons. The number of halogens is 2. The fraction of sp³-hybridized carbons (Fsp3) is 0.409. The van der Waals surface area contributed by atoms with Crippen molar-refractivity contribution in [3.63, 3.8) is 0 Å². The van der Waals surface area contributed by atoms with Gasteiger partial charge in [-0.3, -0.25) is 4.79 Å². The van der Waals surface area contributed by atoms with Crippen molar-refractivity contribution in [1.29, 1.82) is 0 Å². The normalized spacial score (nSPS) is 11.9. The van der Waals surface area contributed by atoms with Gasteiger partial charge >= 0.3 is 5.97 Å². The van der Waals surface area contributed by atoms with Crippen LogP contribution in [0.4, 0.5) is 0 Å². The fourth-order valence-corrected chi connectivity index (χ4v) is 3.11. The zero-order valence-corrected chi connectivity index (χ0v) is 17.8. The van der Waals surface area contributed by atoms with E-state index < -0.39 is 0 Å². The van der Waals surface area contributed by atoms with Crippen LogP contribution in [0.1, 0.15) is 43.9 Å². The van der Waals surface area contributed by atoms with Crippen LogP contribution in [0.2, 0.25) is 10.0 Å². The lowest BCUT2D eigenvalue weighted by Crippen LogP contribution is -2.13. The van der Waals surface area contributed by atoms with Crippen molar-refractivity contribution in [2.45, 2.75) is 39.2 Å². The third-order valence-corrected chi connectivity index (χ3v) is 4.88. The smallest absolute Gasteiger partial charge is 0.308 e. The van der Waals surface area contributed by atoms with Crippen LogP contribution in [0, 0.1) is 0 Å². The first-order valence-electron chi connectivity index (χ1n) is 9.47. The highest BCUT2D eigenvalue weighted by atomic mass is 35.5. The highest BCUT2D eigenvalue weighted by Crippen LogP contribution is 2.25. The predicted octanol–water partition coefficient (Wildman–Crippen LogP) is 6.04. The number of hydrogen-bond donors (Lipinski definition) is 0. The Morgan fingerprint density at radius 1 is 1.00 bits per heavy atom. The molecule has 0 aliphatic carbocycles. The van der Waals surface area contributed by atoms with Gasteiger partial charge < -0.3 is 14.2 Å². The summed E-state index contributed by atoms with van der Waals surface area (Å²) in [5, 5.41) is 1.14. The summed E-state index contributed by atoms with van der Waals surface area (Å²) in [6.45, 7) is 5.19. The second kappa shape index (κ2) is 11.9. The number of esters is 1. The molecule has 2 aromatic rings. The molecule has 0 heterocycles. The number of benzene rings is 2. The Morgan fingerprint density at radius 3 is 2.39 bits per heavy atom. The van der Waals surface area contributed by atoms with E-state index >= 15 is 0 Å². The van der Waals surface area contributed by atoms with Gasteiger partial charge in [-0.1, -0.05) is 41.4 Å². The van der Waals surface area contributed by atoms with Crippen LogP contribution in [0.15, 0.2) is 42.5 Å². The van der Waals surface area contributed by atoms with Gasteiger partial charge in [-0.15, -0.1) is 0 Å². The number of hydrogen-bond acceptors (Lipinski definition) is 4. The van der Waals surface area contributed by atoms with Crippen LogP contribution in [-0.2, 0) is 20.7 Å². The summed E-state index contributed by atoms with van der Waals surface area (Å²) in [4.78, 5) is 11.8. The molecule has 0 aromatic heterocycles. The van der Waals surface area contributed by atoms with Crippen molar-refractivity contribution in [2.75, 3.05) is 19.8 Å². The van der Waals surface area contributed by atoms with Crippen molar-refractivity contribution in [2.24, 2.45) is 0 Å². The summed E-state index contributed by atoms with van der Waals surface area (Å²) in [5.41, 5.74) is 2.06. The fourth-order valence-electron chi connectivity index (χ4n) is 2.79. The summed E-state index contributed by atoms with van der Waals surface area (Å²) < 4.78 is 16.5. The SMILES string of the molecule is CCOC(=O)CC(OCC)c1ccc(OCCCc2ccc(Cl)c(Cl)c2)cc1. The molecule has 0 aliphatic rings. The lowest BCUT2D eigenvalue weighted by atomic mass is 10.1. The van der Waals surface area contributed by atoms with Gasteiger partial charge in [0.15, 0.2) is 0 Å². The Labute approximate surface area is 176 Å². The molecule has 4 nitrogen and oxygen atoms in total. The van der Waals surface area contributed by atoms with Crippen LogP contribution < -0.4 is 4.74 Å². The molecule has 1 unspecified atom stereocenters. The molecule has 0 spiro atoms. The van der Waals surface area contributed by atoms with Crippen molar-refractivity contribution in [3.05, 3.63) is 63.6 Å². The third kappa shape index (κ3) is 7.34. The summed E-state index contributed by atoms with van der Waals surface area (Å²) in [5.74, 6) is 0.521. The molecule has 0 saturated heterocycles. The van der Waals surface area contributed by atoms with Crippen molar-refractivity contribution < 1.29 is 19.0 Å². The minimum Gasteiger partial charge on any atom is -0.494 e. The molecule has 6 heteroatoms. The maximum atomic E-state index is 11.8. The Bertz CT molecular complexity index is 747. The van der Waals surface area contributed by atoms with E-state index in [1.807, 2.05) is 49.4 Å². The molecule has 0 N–H and O–H groups in total. The molecule has 2 aromatic carbocycles. The summed E-state index contributed by atoms with van der Waals surface area (Å²) >= 11 is 12.0. The number of aryl methyl sites for hydroxylation is 1. The molecule has 152 valence electrons. The van der Waals surface area contributed by atoms with Gasteiger partial charge in [-0.25, -0.2) is 0 Å². The highest BCUT2D eigenvalue weighted by molar-refractivity contribution is 6.42. The third-order valence-electron chi connectivity index (χ3n) is 4.14. The maximum Gasteiger partial charge on any atom is 0.308 e. The van der Waals surface area contributed by atoms with E-state index in [4.69, 9.17) is 37.4 Å². The molecule has 0 saturated carbocycles. The van der Waals surface area contributed by atoms with Crippen LogP contribution in [0.3, 0.4) is 0 Å². The van der Waals surface area contributed by atoms with Gasteiger partial charge in [0, 0.05) is 6.61 Å². The predicted molar refractivity (Wildman–Crippen MR) is 112 cm³/mol. The molecule has 0 amide bonds. The summed E-state index contributed by atoms with van der Waals surface area (Å²) in [6, 6.07) is 13.3. The van der Waals surface area contributed by atoms with E-state index in [9.17, 15) is 4.79 Å². The Balaban J connectivity index is 1.83. The largest absolute Gasteiger partial charge is 0.494 e. The number of carbonyl (C=O) groups excluding carboxylic acids is 1. The van der Waals surface area contributed by atoms with Gasteiger partial charge in [0.25, 0.3) is 0 Å². The van der Waals surface area contributed by atoms with Crippen molar-refractivity contribution in [3.8, 4) is 5.75 Å². The molecular formula is C22H26Cl2O4. The molecule has 28 heavy (non-hydrogen) atoms. The Morgan fingerprint density at radius 2 is 1.75 bits per heavy atom. The number of ether oxygens (including phenoxy) is 3. The topological polar surface area (TPSA) is 44.8 Å². The summed E-state index contributed by atoms with van der Waals surface area (Å²) in [7, 11) is 0. The van der Waals surface area contributed by atoms with Gasteiger partial charge in [0.1, 0.15) is 5.75 Å². The Hall–Kier alpha value is -1.75. The standard InChI is InChI=1S/C22H26Cl2O4/c1-3-26-21(15-22(25)27-4-2)17-8-10-18(11-9-17)28-13-5-6-16-7-12-19(23)20(24)14-16/h7-12,14,21H,3-6,13,15H2,1-2H3. The first-order valence-corrected chi connectivity index (χ1v) is 10.2. The summed E-state index contributed by atoms with van der Waals surface area (Å²) in [6.07, 6.45) is 1.61. The monoisotopic (exact) mass is 424 g/mol. The highest BCUT2D eigenvalue weighted by Gasteiger charge is 2.17. The van der Waals surface area contributed by atoms with Crippen LogP contribution in [0.25, 0.3) is 0 Å². The first kappa shape index (κ1) is 22.5. The van der Waals surface area contributed by atoms with Gasteiger partial charge in [-0.2, -0.15) is 0 Å². The van der Waals surface area contributed by atoms with E-state index in [1.54, 1.807) is 6.92 Å². The molecule has 0 bridgehead atoms.